The van der Waals surface area contributed by atoms with Gasteiger partial charge in [0, 0.05) is 23.3 Å². The van der Waals surface area contributed by atoms with Crippen molar-refractivity contribution in [3.05, 3.63) is 18.5 Å². The van der Waals surface area contributed by atoms with Gasteiger partial charge in [0.25, 0.3) is 0 Å². The second kappa shape index (κ2) is 4.67. The van der Waals surface area contributed by atoms with Crippen LogP contribution in [0.3, 0.4) is 0 Å². The molecule has 1 aliphatic heterocycles. The van der Waals surface area contributed by atoms with E-state index in [1.807, 2.05) is 18.5 Å². The molecule has 0 saturated carbocycles. The van der Waals surface area contributed by atoms with Gasteiger partial charge in [-0.25, -0.2) is 4.98 Å². The van der Waals surface area contributed by atoms with Gasteiger partial charge in [0.05, 0.1) is 10.9 Å². The summed E-state index contributed by atoms with van der Waals surface area (Å²) in [5, 5.41) is 8.33. The van der Waals surface area contributed by atoms with Crippen molar-refractivity contribution in [2.45, 2.75) is 57.7 Å². The van der Waals surface area contributed by atoms with Crippen molar-refractivity contribution in [1.29, 1.82) is 0 Å². The van der Waals surface area contributed by atoms with Crippen LogP contribution in [-0.2, 0) is 0 Å². The number of hydrogen-bond donors (Lipinski definition) is 2. The molecule has 0 spiro atoms. The number of anilines is 1. The maximum absolute atomic E-state index is 4.63. The Morgan fingerprint density at radius 2 is 1.95 bits per heavy atom. The molecule has 0 aliphatic carbocycles. The molecule has 0 aromatic carbocycles. The van der Waals surface area contributed by atoms with Crippen LogP contribution in [-0.4, -0.2) is 27.1 Å². The maximum atomic E-state index is 4.63. The van der Waals surface area contributed by atoms with Gasteiger partial charge in [0.1, 0.15) is 5.52 Å². The third-order valence-electron chi connectivity index (χ3n) is 3.71. The fraction of sp³-hybridized carbons (Fsp3) is 0.600. The number of thiazole rings is 1. The van der Waals surface area contributed by atoms with Gasteiger partial charge in [-0.15, -0.1) is 0 Å². The third kappa shape index (κ3) is 2.94. The van der Waals surface area contributed by atoms with E-state index in [1.54, 1.807) is 11.3 Å². The number of rotatable bonds is 2. The van der Waals surface area contributed by atoms with Crippen molar-refractivity contribution in [3.8, 4) is 0 Å². The van der Waals surface area contributed by atoms with Crippen molar-refractivity contribution < 1.29 is 0 Å². The van der Waals surface area contributed by atoms with Crippen LogP contribution in [0.4, 0.5) is 5.13 Å². The first-order valence-electron chi connectivity index (χ1n) is 7.09. The zero-order chi connectivity index (χ0) is 14.4. The minimum absolute atomic E-state index is 0.150. The fourth-order valence-electron chi connectivity index (χ4n) is 3.44. The van der Waals surface area contributed by atoms with E-state index in [9.17, 15) is 0 Å². The quantitative estimate of drug-likeness (QED) is 0.890. The van der Waals surface area contributed by atoms with Gasteiger partial charge in [0.2, 0.25) is 0 Å². The number of pyridine rings is 1. The molecule has 2 N–H and O–H groups in total. The van der Waals surface area contributed by atoms with E-state index >= 15 is 0 Å². The lowest BCUT2D eigenvalue weighted by atomic mass is 9.80. The van der Waals surface area contributed by atoms with E-state index in [0.717, 1.165) is 23.5 Å². The SMILES string of the molecule is CC1(C)CC(Nc2nc3cnccc3s2)CC(C)(C)N1. The summed E-state index contributed by atoms with van der Waals surface area (Å²) in [6.07, 6.45) is 5.85. The largest absolute Gasteiger partial charge is 0.359 e. The summed E-state index contributed by atoms with van der Waals surface area (Å²) >= 11 is 1.71. The number of nitrogens with one attached hydrogen (secondary N) is 2. The summed E-state index contributed by atoms with van der Waals surface area (Å²) in [5.41, 5.74) is 1.28. The van der Waals surface area contributed by atoms with Crippen LogP contribution in [0.1, 0.15) is 40.5 Å². The standard InChI is InChI=1S/C15H22N4S/c1-14(2)7-10(8-15(3,4)19-14)17-13-18-11-9-16-6-5-12(11)20-13/h5-6,9-10,19H,7-8H2,1-4H3,(H,17,18). The lowest BCUT2D eigenvalue weighted by molar-refractivity contribution is 0.170. The zero-order valence-corrected chi connectivity index (χ0v) is 13.3. The topological polar surface area (TPSA) is 49.8 Å². The fourth-order valence-corrected chi connectivity index (χ4v) is 4.35. The number of nitrogens with zero attached hydrogens (tertiary/aromatic N) is 2. The van der Waals surface area contributed by atoms with E-state index in [4.69, 9.17) is 0 Å². The van der Waals surface area contributed by atoms with Crippen LogP contribution in [0.2, 0.25) is 0 Å². The summed E-state index contributed by atoms with van der Waals surface area (Å²) in [6, 6.07) is 2.48. The molecule has 5 heteroatoms. The summed E-state index contributed by atoms with van der Waals surface area (Å²) < 4.78 is 1.19. The molecule has 0 bridgehead atoms. The molecule has 2 aromatic rings. The summed E-state index contributed by atoms with van der Waals surface area (Å²) in [6.45, 7) is 9.07. The Labute approximate surface area is 124 Å². The van der Waals surface area contributed by atoms with Gasteiger partial charge in [-0.2, -0.15) is 0 Å². The van der Waals surface area contributed by atoms with Crippen LogP contribution in [0, 0.1) is 0 Å². The molecule has 3 rings (SSSR count). The number of piperidine rings is 1. The smallest absolute Gasteiger partial charge is 0.184 e. The highest BCUT2D eigenvalue weighted by Crippen LogP contribution is 2.32. The molecule has 1 saturated heterocycles. The van der Waals surface area contributed by atoms with E-state index in [-0.39, 0.29) is 11.1 Å². The Morgan fingerprint density at radius 1 is 1.25 bits per heavy atom. The van der Waals surface area contributed by atoms with Gasteiger partial charge in [-0.1, -0.05) is 11.3 Å². The van der Waals surface area contributed by atoms with E-state index in [2.05, 4.69) is 48.3 Å². The minimum atomic E-state index is 0.150. The molecule has 1 fully saturated rings. The van der Waals surface area contributed by atoms with Gasteiger partial charge in [-0.05, 0) is 46.6 Å². The van der Waals surface area contributed by atoms with Crippen molar-refractivity contribution in [2.75, 3.05) is 5.32 Å². The average Bonchev–Trinajstić information content (AvgIpc) is 2.66. The van der Waals surface area contributed by atoms with Crippen LogP contribution >= 0.6 is 11.3 Å². The molecule has 0 unspecified atom stereocenters. The molecule has 0 radical (unpaired) electrons. The van der Waals surface area contributed by atoms with Crippen molar-refractivity contribution >= 4 is 26.7 Å². The molecule has 0 amide bonds. The average molecular weight is 290 g/mol. The molecule has 0 atom stereocenters. The van der Waals surface area contributed by atoms with E-state index < -0.39 is 0 Å². The van der Waals surface area contributed by atoms with Crippen LogP contribution < -0.4 is 10.6 Å². The van der Waals surface area contributed by atoms with Crippen molar-refractivity contribution in [2.24, 2.45) is 0 Å². The molecule has 2 aromatic heterocycles. The highest BCUT2D eigenvalue weighted by atomic mass is 32.1. The van der Waals surface area contributed by atoms with E-state index in [1.165, 1.54) is 4.70 Å². The van der Waals surface area contributed by atoms with Gasteiger partial charge < -0.3 is 10.6 Å². The molecule has 1 aliphatic rings. The first-order chi connectivity index (χ1) is 9.33. The summed E-state index contributed by atoms with van der Waals surface area (Å²) in [4.78, 5) is 8.75. The van der Waals surface area contributed by atoms with Gasteiger partial charge in [-0.3, -0.25) is 4.98 Å². The van der Waals surface area contributed by atoms with Crippen molar-refractivity contribution in [1.82, 2.24) is 15.3 Å². The van der Waals surface area contributed by atoms with Crippen LogP contribution in [0.25, 0.3) is 10.2 Å². The van der Waals surface area contributed by atoms with Gasteiger partial charge >= 0.3 is 0 Å². The molecular weight excluding hydrogens is 268 g/mol. The molecule has 3 heterocycles. The second-order valence-electron chi connectivity index (χ2n) is 7.00. The van der Waals surface area contributed by atoms with Gasteiger partial charge in [0.15, 0.2) is 5.13 Å². The van der Waals surface area contributed by atoms with E-state index in [0.29, 0.717) is 6.04 Å². The first kappa shape index (κ1) is 13.8. The molecular formula is C15H22N4S. The van der Waals surface area contributed by atoms with Crippen LogP contribution in [0.15, 0.2) is 18.5 Å². The lowest BCUT2D eigenvalue weighted by Crippen LogP contribution is -2.60. The Balaban J connectivity index is 1.79. The monoisotopic (exact) mass is 290 g/mol. The number of aromatic nitrogens is 2. The summed E-state index contributed by atoms with van der Waals surface area (Å²) in [5.74, 6) is 0. The highest BCUT2D eigenvalue weighted by molar-refractivity contribution is 7.22. The Bertz CT molecular complexity index is 568. The summed E-state index contributed by atoms with van der Waals surface area (Å²) in [7, 11) is 0. The maximum Gasteiger partial charge on any atom is 0.184 e. The predicted octanol–water partition coefficient (Wildman–Crippen LogP) is 3.41. The lowest BCUT2D eigenvalue weighted by Gasteiger charge is -2.46. The first-order valence-corrected chi connectivity index (χ1v) is 7.91. The Morgan fingerprint density at radius 3 is 2.60 bits per heavy atom. The normalized spacial score (nSPS) is 22.0. The number of fused-ring (bicyclic) bond motifs is 1. The Hall–Kier alpha value is -1.20. The molecule has 4 nitrogen and oxygen atoms in total. The second-order valence-corrected chi connectivity index (χ2v) is 8.04. The predicted molar refractivity (Wildman–Crippen MR) is 85.4 cm³/mol. The highest BCUT2D eigenvalue weighted by Gasteiger charge is 2.37. The number of hydrogen-bond acceptors (Lipinski definition) is 5. The molecule has 108 valence electrons. The minimum Gasteiger partial charge on any atom is -0.359 e. The zero-order valence-electron chi connectivity index (χ0n) is 12.5. The Kier molecular flexibility index (Phi) is 3.21. The van der Waals surface area contributed by atoms with Crippen LogP contribution in [0.5, 0.6) is 0 Å². The molecule has 20 heavy (non-hydrogen) atoms. The third-order valence-corrected chi connectivity index (χ3v) is 4.68. The van der Waals surface area contributed by atoms with Crippen molar-refractivity contribution in [3.63, 3.8) is 0 Å².